The smallest absolute Gasteiger partial charge is 0.202 e. The van der Waals surface area contributed by atoms with E-state index in [1.54, 1.807) is 0 Å². The second-order valence-electron chi connectivity index (χ2n) is 4.17. The van der Waals surface area contributed by atoms with Crippen LogP contribution in [0.25, 0.3) is 0 Å². The van der Waals surface area contributed by atoms with Crippen molar-refractivity contribution in [2.75, 3.05) is 0 Å². The molecule has 0 amide bonds. The van der Waals surface area contributed by atoms with Crippen molar-refractivity contribution in [1.82, 2.24) is 0 Å². The molecule has 4 aliphatic rings. The number of carbonyl (C=O) groups excluding carboxylic acids is 2. The Morgan fingerprint density at radius 2 is 1.27 bits per heavy atom. The number of Topliss-reactive ketones (excluding diaryl/α,β-unsaturated/α-hetero) is 2. The molecule has 4 fully saturated rings. The Morgan fingerprint density at radius 1 is 0.818 bits per heavy atom. The fraction of sp³-hybridized carbons (Fsp3) is 0.778. The lowest BCUT2D eigenvalue weighted by molar-refractivity contribution is -0.147. The monoisotopic (exact) mass is 150 g/mol. The Bertz CT molecular complexity index is 230. The van der Waals surface area contributed by atoms with Gasteiger partial charge < -0.3 is 0 Å². The molecule has 0 aromatic carbocycles. The van der Waals surface area contributed by atoms with Crippen LogP contribution < -0.4 is 0 Å². The third-order valence-electron chi connectivity index (χ3n) is 3.77. The van der Waals surface area contributed by atoms with E-state index in [-0.39, 0.29) is 23.4 Å². The molecule has 0 unspecified atom stereocenters. The van der Waals surface area contributed by atoms with Gasteiger partial charge in [-0.25, -0.2) is 0 Å². The molecule has 11 heavy (non-hydrogen) atoms. The quantitative estimate of drug-likeness (QED) is 0.479. The largest absolute Gasteiger partial charge is 0.291 e. The van der Waals surface area contributed by atoms with Gasteiger partial charge in [-0.2, -0.15) is 0 Å². The molecule has 0 radical (unpaired) electrons. The average Bonchev–Trinajstić information content (AvgIpc) is 2.54. The van der Waals surface area contributed by atoms with Gasteiger partial charge in [0.15, 0.2) is 0 Å². The SMILES string of the molecule is O=C1C(=O)[C@@H]2C[C@H]3C[C@@H]2C[C@@H]13. The zero-order chi connectivity index (χ0) is 7.59. The maximum Gasteiger partial charge on any atom is 0.202 e. The van der Waals surface area contributed by atoms with Gasteiger partial charge in [-0.05, 0) is 31.1 Å². The third-order valence-corrected chi connectivity index (χ3v) is 3.77. The summed E-state index contributed by atoms with van der Waals surface area (Å²) in [5.74, 6) is 1.40. The summed E-state index contributed by atoms with van der Waals surface area (Å²) in [5.41, 5.74) is 0. The van der Waals surface area contributed by atoms with Crippen LogP contribution in [-0.4, -0.2) is 11.6 Å². The summed E-state index contributed by atoms with van der Waals surface area (Å²) < 4.78 is 0. The van der Waals surface area contributed by atoms with Gasteiger partial charge in [0.25, 0.3) is 0 Å². The highest BCUT2D eigenvalue weighted by atomic mass is 16.2. The van der Waals surface area contributed by atoms with Crippen molar-refractivity contribution in [3.8, 4) is 0 Å². The molecule has 4 saturated carbocycles. The molecular formula is C9H10O2. The summed E-state index contributed by atoms with van der Waals surface area (Å²) in [4.78, 5) is 22.5. The molecule has 0 heterocycles. The first kappa shape index (κ1) is 5.92. The van der Waals surface area contributed by atoms with Gasteiger partial charge in [0.1, 0.15) is 0 Å². The molecule has 0 aromatic rings. The van der Waals surface area contributed by atoms with E-state index in [4.69, 9.17) is 0 Å². The minimum atomic E-state index is -0.0417. The van der Waals surface area contributed by atoms with Crippen LogP contribution in [0.1, 0.15) is 19.3 Å². The number of ketones is 2. The molecule has 4 atom stereocenters. The maximum atomic E-state index is 11.3. The molecule has 2 heteroatoms. The fourth-order valence-electron chi connectivity index (χ4n) is 3.28. The van der Waals surface area contributed by atoms with Crippen LogP contribution in [0, 0.1) is 23.7 Å². The highest BCUT2D eigenvalue weighted by Crippen LogP contribution is 2.56. The van der Waals surface area contributed by atoms with Crippen molar-refractivity contribution < 1.29 is 9.59 Å². The number of fused-ring (bicyclic) bond motifs is 1. The highest BCUT2D eigenvalue weighted by molar-refractivity contribution is 6.40. The van der Waals surface area contributed by atoms with Gasteiger partial charge >= 0.3 is 0 Å². The van der Waals surface area contributed by atoms with Crippen molar-refractivity contribution in [2.24, 2.45) is 23.7 Å². The average molecular weight is 150 g/mol. The first-order valence-electron chi connectivity index (χ1n) is 4.35. The summed E-state index contributed by atoms with van der Waals surface area (Å²) in [6, 6.07) is 0. The van der Waals surface area contributed by atoms with E-state index in [1.807, 2.05) is 0 Å². The molecule has 2 nitrogen and oxygen atoms in total. The van der Waals surface area contributed by atoms with E-state index in [0.29, 0.717) is 11.8 Å². The van der Waals surface area contributed by atoms with E-state index < -0.39 is 0 Å². The lowest BCUT2D eigenvalue weighted by atomic mass is 9.69. The van der Waals surface area contributed by atoms with Crippen molar-refractivity contribution in [1.29, 1.82) is 0 Å². The second-order valence-corrected chi connectivity index (χ2v) is 4.17. The molecule has 0 aliphatic heterocycles. The van der Waals surface area contributed by atoms with E-state index >= 15 is 0 Å². The van der Waals surface area contributed by atoms with Crippen molar-refractivity contribution in [3.63, 3.8) is 0 Å². The van der Waals surface area contributed by atoms with Gasteiger partial charge in [0.05, 0.1) is 0 Å². The minimum Gasteiger partial charge on any atom is -0.291 e. The minimum absolute atomic E-state index is 0.0417. The zero-order valence-electron chi connectivity index (χ0n) is 6.25. The molecule has 0 spiro atoms. The first-order valence-corrected chi connectivity index (χ1v) is 4.35. The lowest BCUT2D eigenvalue weighted by Crippen LogP contribution is -2.42. The normalized spacial score (nSPS) is 52.7. The molecule has 4 bridgehead atoms. The van der Waals surface area contributed by atoms with Crippen LogP contribution in [0.2, 0.25) is 0 Å². The van der Waals surface area contributed by atoms with Gasteiger partial charge in [0.2, 0.25) is 11.6 Å². The topological polar surface area (TPSA) is 34.1 Å². The third kappa shape index (κ3) is 0.512. The van der Waals surface area contributed by atoms with Crippen LogP contribution in [-0.2, 0) is 9.59 Å². The lowest BCUT2D eigenvalue weighted by Gasteiger charge is -2.32. The zero-order valence-corrected chi connectivity index (χ0v) is 6.25. The van der Waals surface area contributed by atoms with Crippen molar-refractivity contribution >= 4 is 11.6 Å². The van der Waals surface area contributed by atoms with E-state index in [2.05, 4.69) is 0 Å². The highest BCUT2D eigenvalue weighted by Gasteiger charge is 2.58. The summed E-state index contributed by atoms with van der Waals surface area (Å²) in [6.07, 6.45) is 3.21. The number of hydrogen-bond donors (Lipinski definition) is 0. The van der Waals surface area contributed by atoms with Gasteiger partial charge in [0, 0.05) is 11.8 Å². The fourth-order valence-corrected chi connectivity index (χ4v) is 3.28. The van der Waals surface area contributed by atoms with Gasteiger partial charge in [-0.1, -0.05) is 0 Å². The molecule has 0 saturated heterocycles. The molecule has 4 rings (SSSR count). The predicted molar refractivity (Wildman–Crippen MR) is 37.8 cm³/mol. The Hall–Kier alpha value is -0.660. The molecule has 0 N–H and O–H groups in total. The van der Waals surface area contributed by atoms with Crippen LogP contribution in [0.4, 0.5) is 0 Å². The van der Waals surface area contributed by atoms with E-state index in [0.717, 1.165) is 19.3 Å². The summed E-state index contributed by atoms with van der Waals surface area (Å²) >= 11 is 0. The molecule has 4 aliphatic carbocycles. The van der Waals surface area contributed by atoms with Crippen LogP contribution in [0.15, 0.2) is 0 Å². The predicted octanol–water partition coefficient (Wildman–Crippen LogP) is 0.800. The number of carbonyl (C=O) groups is 2. The second kappa shape index (κ2) is 1.57. The first-order chi connectivity index (χ1) is 5.27. The molecular weight excluding hydrogens is 140 g/mol. The standard InChI is InChI=1S/C9H10O2/c10-8-6-2-4-1-5(6)3-7(4)9(8)11/h4-7H,1-3H2/t4-,5-,6-,7-/m1/s1. The van der Waals surface area contributed by atoms with E-state index in [9.17, 15) is 9.59 Å². The maximum absolute atomic E-state index is 11.3. The van der Waals surface area contributed by atoms with Crippen LogP contribution in [0.5, 0.6) is 0 Å². The van der Waals surface area contributed by atoms with Gasteiger partial charge in [-0.3, -0.25) is 9.59 Å². The Morgan fingerprint density at radius 3 is 1.64 bits per heavy atom. The van der Waals surface area contributed by atoms with E-state index in [1.165, 1.54) is 0 Å². The number of rotatable bonds is 0. The van der Waals surface area contributed by atoms with Crippen molar-refractivity contribution in [2.45, 2.75) is 19.3 Å². The molecule has 0 aromatic heterocycles. The Labute approximate surface area is 65.0 Å². The van der Waals surface area contributed by atoms with Gasteiger partial charge in [-0.15, -0.1) is 0 Å². The summed E-state index contributed by atoms with van der Waals surface area (Å²) in [7, 11) is 0. The van der Waals surface area contributed by atoms with Crippen molar-refractivity contribution in [3.05, 3.63) is 0 Å². The number of hydrogen-bond acceptors (Lipinski definition) is 2. The molecule has 58 valence electrons. The van der Waals surface area contributed by atoms with Crippen LogP contribution in [0.3, 0.4) is 0 Å². The Kier molecular flexibility index (Phi) is 0.846. The summed E-state index contributed by atoms with van der Waals surface area (Å²) in [5, 5.41) is 0. The summed E-state index contributed by atoms with van der Waals surface area (Å²) in [6.45, 7) is 0. The Balaban J connectivity index is 2.11. The van der Waals surface area contributed by atoms with Crippen LogP contribution >= 0.6 is 0 Å².